The van der Waals surface area contributed by atoms with E-state index < -0.39 is 5.92 Å². The fourth-order valence-corrected chi connectivity index (χ4v) is 4.81. The third-order valence-corrected chi connectivity index (χ3v) is 6.69. The van der Waals surface area contributed by atoms with E-state index in [9.17, 15) is 10.1 Å². The van der Waals surface area contributed by atoms with Gasteiger partial charge in [0, 0.05) is 11.1 Å². The average molecular weight is 450 g/mol. The number of hydrogen-bond acceptors (Lipinski definition) is 8. The zero-order valence-corrected chi connectivity index (χ0v) is 18.6. The number of carbonyl (C=O) groups excluding carboxylic acids is 1. The van der Waals surface area contributed by atoms with Gasteiger partial charge in [-0.05, 0) is 25.5 Å². The molecule has 0 N–H and O–H groups in total. The lowest BCUT2D eigenvalue weighted by molar-refractivity contribution is -0.116. The normalized spacial score (nSPS) is 11.9. The quantitative estimate of drug-likeness (QED) is 0.362. The number of rotatable bonds is 8. The molecule has 31 heavy (non-hydrogen) atoms. The number of nitriles is 1. The van der Waals surface area contributed by atoms with Crippen molar-refractivity contribution in [2.24, 2.45) is 0 Å². The Morgan fingerprint density at radius 3 is 2.71 bits per heavy atom. The van der Waals surface area contributed by atoms with Gasteiger partial charge in [0.1, 0.15) is 10.8 Å². The highest BCUT2D eigenvalue weighted by Gasteiger charge is 2.25. The van der Waals surface area contributed by atoms with Gasteiger partial charge in [-0.25, -0.2) is 4.98 Å². The van der Waals surface area contributed by atoms with Crippen molar-refractivity contribution >= 4 is 28.9 Å². The van der Waals surface area contributed by atoms with Crippen LogP contribution in [0.3, 0.4) is 0 Å². The minimum Gasteiger partial charge on any atom is -0.469 e. The highest BCUT2D eigenvalue weighted by atomic mass is 32.2. The molecule has 3 aromatic heterocycles. The van der Waals surface area contributed by atoms with E-state index in [1.165, 1.54) is 23.1 Å². The standard InChI is InChI=1S/C22H19N5O2S2/c1-14-12-30-21(24-14)18(10-23)19(28)13-31-22-26-25-20(17-8-9-29-15(17)2)27(22)11-16-6-4-3-5-7-16/h3-9,12,18H,11,13H2,1-2H3. The molecule has 0 bridgehead atoms. The molecule has 3 heterocycles. The molecule has 0 amide bonds. The summed E-state index contributed by atoms with van der Waals surface area (Å²) in [5.74, 6) is 0.466. The topological polar surface area (TPSA) is 97.6 Å². The molecule has 1 aromatic carbocycles. The zero-order chi connectivity index (χ0) is 21.8. The number of benzene rings is 1. The van der Waals surface area contributed by atoms with E-state index in [0.29, 0.717) is 22.5 Å². The molecule has 1 unspecified atom stereocenters. The molecular weight excluding hydrogens is 430 g/mol. The van der Waals surface area contributed by atoms with Crippen LogP contribution in [0.4, 0.5) is 0 Å². The molecule has 1 atom stereocenters. The van der Waals surface area contributed by atoms with E-state index in [4.69, 9.17) is 4.42 Å². The van der Waals surface area contributed by atoms with E-state index in [-0.39, 0.29) is 11.5 Å². The Morgan fingerprint density at radius 1 is 1.26 bits per heavy atom. The number of nitrogens with zero attached hydrogens (tertiary/aromatic N) is 5. The van der Waals surface area contributed by atoms with Crippen LogP contribution in [0.2, 0.25) is 0 Å². The van der Waals surface area contributed by atoms with Gasteiger partial charge in [-0.15, -0.1) is 21.5 Å². The van der Waals surface area contributed by atoms with Crippen molar-refractivity contribution in [3.8, 4) is 17.5 Å². The number of thioether (sulfide) groups is 1. The smallest absolute Gasteiger partial charge is 0.192 e. The van der Waals surface area contributed by atoms with Gasteiger partial charge in [0.2, 0.25) is 0 Å². The fraction of sp³-hybridized carbons (Fsp3) is 0.227. The zero-order valence-electron chi connectivity index (χ0n) is 17.0. The van der Waals surface area contributed by atoms with E-state index in [1.54, 1.807) is 6.26 Å². The van der Waals surface area contributed by atoms with Gasteiger partial charge in [0.05, 0.1) is 30.2 Å². The van der Waals surface area contributed by atoms with Crippen LogP contribution in [0.15, 0.2) is 57.6 Å². The summed E-state index contributed by atoms with van der Waals surface area (Å²) in [5.41, 5.74) is 2.75. The molecular formula is C22H19N5O2S2. The molecule has 0 aliphatic rings. The van der Waals surface area contributed by atoms with Crippen LogP contribution in [0, 0.1) is 25.2 Å². The Morgan fingerprint density at radius 2 is 2.06 bits per heavy atom. The first kappa shape index (κ1) is 21.0. The van der Waals surface area contributed by atoms with Crippen LogP contribution in [0.5, 0.6) is 0 Å². The molecule has 0 saturated heterocycles. The monoisotopic (exact) mass is 449 g/mol. The summed E-state index contributed by atoms with van der Waals surface area (Å²) in [4.78, 5) is 17.1. The summed E-state index contributed by atoms with van der Waals surface area (Å²) in [7, 11) is 0. The Labute approximate surface area is 187 Å². The van der Waals surface area contributed by atoms with Crippen molar-refractivity contribution in [3.05, 3.63) is 70.1 Å². The number of Topliss-reactive ketones (excluding diaryl/α,β-unsaturated/α-hetero) is 1. The van der Waals surface area contributed by atoms with E-state index in [0.717, 1.165) is 22.6 Å². The number of hydrogen-bond donors (Lipinski definition) is 0. The minimum absolute atomic E-state index is 0.105. The molecule has 7 nitrogen and oxygen atoms in total. The molecule has 4 rings (SSSR count). The van der Waals surface area contributed by atoms with Gasteiger partial charge < -0.3 is 4.42 Å². The maximum atomic E-state index is 12.8. The number of furan rings is 1. The molecule has 0 fully saturated rings. The highest BCUT2D eigenvalue weighted by Crippen LogP contribution is 2.29. The van der Waals surface area contributed by atoms with E-state index in [2.05, 4.69) is 21.3 Å². The number of thiazole rings is 1. The number of aromatic nitrogens is 4. The predicted octanol–water partition coefficient (Wildman–Crippen LogP) is 4.63. The highest BCUT2D eigenvalue weighted by molar-refractivity contribution is 7.99. The van der Waals surface area contributed by atoms with E-state index in [1.807, 2.05) is 60.2 Å². The molecule has 9 heteroatoms. The third-order valence-electron chi connectivity index (χ3n) is 4.68. The van der Waals surface area contributed by atoms with Crippen LogP contribution < -0.4 is 0 Å². The minimum atomic E-state index is -0.868. The summed E-state index contributed by atoms with van der Waals surface area (Å²) in [6.45, 7) is 4.28. The number of carbonyl (C=O) groups is 1. The van der Waals surface area contributed by atoms with Crippen LogP contribution in [0.1, 0.15) is 27.9 Å². The van der Waals surface area contributed by atoms with Gasteiger partial charge in [-0.3, -0.25) is 9.36 Å². The second-order valence-corrected chi connectivity index (χ2v) is 8.74. The summed E-state index contributed by atoms with van der Waals surface area (Å²) < 4.78 is 7.42. The number of aryl methyl sites for hydroxylation is 2. The van der Waals surface area contributed by atoms with Crippen molar-refractivity contribution in [2.45, 2.75) is 31.5 Å². The summed E-state index contributed by atoms with van der Waals surface area (Å²) in [6.07, 6.45) is 1.62. The predicted molar refractivity (Wildman–Crippen MR) is 119 cm³/mol. The Kier molecular flexibility index (Phi) is 6.30. The van der Waals surface area contributed by atoms with Gasteiger partial charge in [-0.1, -0.05) is 42.1 Å². The maximum absolute atomic E-state index is 12.8. The number of ketones is 1. The van der Waals surface area contributed by atoms with Gasteiger partial charge in [0.25, 0.3) is 0 Å². The van der Waals surface area contributed by atoms with Gasteiger partial charge in [0.15, 0.2) is 22.7 Å². The molecule has 4 aromatic rings. The first-order chi connectivity index (χ1) is 15.1. The van der Waals surface area contributed by atoms with Crippen LogP contribution in [-0.2, 0) is 11.3 Å². The van der Waals surface area contributed by atoms with Crippen LogP contribution in [0.25, 0.3) is 11.4 Å². The van der Waals surface area contributed by atoms with E-state index >= 15 is 0 Å². The molecule has 0 saturated carbocycles. The van der Waals surface area contributed by atoms with Crippen molar-refractivity contribution in [1.82, 2.24) is 19.7 Å². The van der Waals surface area contributed by atoms with Crippen molar-refractivity contribution in [1.29, 1.82) is 5.26 Å². The molecule has 0 radical (unpaired) electrons. The van der Waals surface area contributed by atoms with Gasteiger partial charge in [-0.2, -0.15) is 5.26 Å². The fourth-order valence-electron chi connectivity index (χ4n) is 3.11. The van der Waals surface area contributed by atoms with Gasteiger partial charge >= 0.3 is 0 Å². The molecule has 156 valence electrons. The average Bonchev–Trinajstić information content (AvgIpc) is 3.48. The Balaban J connectivity index is 1.59. The van der Waals surface area contributed by atoms with Crippen LogP contribution >= 0.6 is 23.1 Å². The summed E-state index contributed by atoms with van der Waals surface area (Å²) in [5, 5.41) is 21.2. The van der Waals surface area contributed by atoms with Crippen LogP contribution in [-0.4, -0.2) is 31.3 Å². The SMILES string of the molecule is Cc1csc(C(C#N)C(=O)CSc2nnc(-c3ccoc3C)n2Cc2ccccc2)n1. The summed E-state index contributed by atoms with van der Waals surface area (Å²) in [6, 6.07) is 13.9. The lowest BCUT2D eigenvalue weighted by Crippen LogP contribution is -2.14. The maximum Gasteiger partial charge on any atom is 0.192 e. The Hall–Kier alpha value is -3.22. The largest absolute Gasteiger partial charge is 0.469 e. The molecule has 0 spiro atoms. The Bertz CT molecular complexity index is 1240. The van der Waals surface area contributed by atoms with Crippen molar-refractivity contribution in [3.63, 3.8) is 0 Å². The molecule has 0 aliphatic heterocycles. The third kappa shape index (κ3) is 4.60. The lowest BCUT2D eigenvalue weighted by atomic mass is 10.1. The van der Waals surface area contributed by atoms with Crippen molar-refractivity contribution < 1.29 is 9.21 Å². The van der Waals surface area contributed by atoms with Crippen molar-refractivity contribution in [2.75, 3.05) is 5.75 Å². The second-order valence-electron chi connectivity index (χ2n) is 6.91. The first-order valence-corrected chi connectivity index (χ1v) is 11.4. The molecule has 0 aliphatic carbocycles. The summed E-state index contributed by atoms with van der Waals surface area (Å²) >= 11 is 2.61. The second kappa shape index (κ2) is 9.29. The lowest BCUT2D eigenvalue weighted by Gasteiger charge is -2.10. The first-order valence-electron chi connectivity index (χ1n) is 9.55.